The first-order chi connectivity index (χ1) is 7.72. The Morgan fingerprint density at radius 2 is 2.06 bits per heavy atom. The van der Waals surface area contributed by atoms with Crippen molar-refractivity contribution >= 4 is 0 Å². The summed E-state index contributed by atoms with van der Waals surface area (Å²) >= 11 is 0. The maximum atomic E-state index is 6.38. The van der Waals surface area contributed by atoms with Crippen molar-refractivity contribution in [3.05, 3.63) is 23.7 Å². The summed E-state index contributed by atoms with van der Waals surface area (Å²) in [7, 11) is 0. The predicted octanol–water partition coefficient (Wildman–Crippen LogP) is 3.67. The van der Waals surface area contributed by atoms with Gasteiger partial charge in [0.05, 0.1) is 6.26 Å². The van der Waals surface area contributed by atoms with Crippen molar-refractivity contribution in [2.24, 2.45) is 17.6 Å². The van der Waals surface area contributed by atoms with E-state index >= 15 is 0 Å². The van der Waals surface area contributed by atoms with Crippen LogP contribution < -0.4 is 5.73 Å². The minimum Gasteiger partial charge on any atom is -0.469 e. The zero-order chi connectivity index (χ0) is 11.5. The summed E-state index contributed by atoms with van der Waals surface area (Å²) in [5.41, 5.74) is 7.61. The largest absolute Gasteiger partial charge is 0.469 e. The summed E-state index contributed by atoms with van der Waals surface area (Å²) < 4.78 is 5.47. The smallest absolute Gasteiger partial charge is 0.108 e. The SMILES string of the molecule is CCc1occc1C(N)C1CCC(C)CC1. The normalized spacial score (nSPS) is 27.9. The second-order valence-corrected chi connectivity index (χ2v) is 5.20. The van der Waals surface area contributed by atoms with Gasteiger partial charge in [0.25, 0.3) is 0 Å². The first-order valence-corrected chi connectivity index (χ1v) is 6.54. The molecule has 1 aromatic heterocycles. The van der Waals surface area contributed by atoms with Gasteiger partial charge in [0.1, 0.15) is 5.76 Å². The zero-order valence-corrected chi connectivity index (χ0v) is 10.4. The van der Waals surface area contributed by atoms with Gasteiger partial charge in [-0.2, -0.15) is 0 Å². The Kier molecular flexibility index (Phi) is 3.70. The monoisotopic (exact) mass is 221 g/mol. The molecule has 2 nitrogen and oxygen atoms in total. The molecule has 90 valence electrons. The molecule has 2 N–H and O–H groups in total. The van der Waals surface area contributed by atoms with Gasteiger partial charge in [-0.15, -0.1) is 0 Å². The fourth-order valence-electron chi connectivity index (χ4n) is 2.83. The van der Waals surface area contributed by atoms with Crippen LogP contribution in [-0.2, 0) is 6.42 Å². The Balaban J connectivity index is 2.04. The molecule has 0 radical (unpaired) electrons. The van der Waals surface area contributed by atoms with Crippen LogP contribution in [0.25, 0.3) is 0 Å². The van der Waals surface area contributed by atoms with E-state index in [4.69, 9.17) is 10.2 Å². The van der Waals surface area contributed by atoms with Crippen LogP contribution in [-0.4, -0.2) is 0 Å². The molecule has 1 heterocycles. The van der Waals surface area contributed by atoms with Gasteiger partial charge in [-0.05, 0) is 30.7 Å². The fraction of sp³-hybridized carbons (Fsp3) is 0.714. The lowest BCUT2D eigenvalue weighted by Gasteiger charge is -2.30. The van der Waals surface area contributed by atoms with Crippen LogP contribution in [0.5, 0.6) is 0 Å². The first-order valence-electron chi connectivity index (χ1n) is 6.54. The van der Waals surface area contributed by atoms with Gasteiger partial charge in [-0.25, -0.2) is 0 Å². The van der Waals surface area contributed by atoms with Gasteiger partial charge < -0.3 is 10.2 Å². The van der Waals surface area contributed by atoms with Crippen LogP contribution in [0.3, 0.4) is 0 Å². The van der Waals surface area contributed by atoms with Gasteiger partial charge in [0, 0.05) is 18.0 Å². The van der Waals surface area contributed by atoms with Gasteiger partial charge in [0.2, 0.25) is 0 Å². The minimum absolute atomic E-state index is 0.182. The highest BCUT2D eigenvalue weighted by Gasteiger charge is 2.26. The van der Waals surface area contributed by atoms with Gasteiger partial charge in [-0.3, -0.25) is 0 Å². The molecule has 0 bridgehead atoms. The molecule has 1 aliphatic carbocycles. The maximum absolute atomic E-state index is 6.38. The highest BCUT2D eigenvalue weighted by molar-refractivity contribution is 5.22. The molecule has 16 heavy (non-hydrogen) atoms. The highest BCUT2D eigenvalue weighted by atomic mass is 16.3. The Hall–Kier alpha value is -0.760. The zero-order valence-electron chi connectivity index (χ0n) is 10.4. The predicted molar refractivity (Wildman–Crippen MR) is 66.1 cm³/mol. The Bertz CT molecular complexity index is 323. The molecule has 0 spiro atoms. The molecule has 2 heteroatoms. The van der Waals surface area contributed by atoms with Gasteiger partial charge >= 0.3 is 0 Å². The van der Waals surface area contributed by atoms with Crippen LogP contribution in [0, 0.1) is 11.8 Å². The molecule has 1 aromatic rings. The molecule has 1 unspecified atom stereocenters. The van der Waals surface area contributed by atoms with E-state index in [9.17, 15) is 0 Å². The van der Waals surface area contributed by atoms with E-state index in [0.29, 0.717) is 5.92 Å². The van der Waals surface area contributed by atoms with Gasteiger partial charge in [-0.1, -0.05) is 26.7 Å². The molecular weight excluding hydrogens is 198 g/mol. The van der Waals surface area contributed by atoms with Crippen molar-refractivity contribution in [3.8, 4) is 0 Å². The lowest BCUT2D eigenvalue weighted by Crippen LogP contribution is -2.25. The third-order valence-electron chi connectivity index (χ3n) is 4.03. The number of rotatable bonds is 3. The number of aryl methyl sites for hydroxylation is 1. The molecule has 0 aliphatic heterocycles. The average molecular weight is 221 g/mol. The van der Waals surface area contributed by atoms with Crippen molar-refractivity contribution in [1.29, 1.82) is 0 Å². The standard InChI is InChI=1S/C14H23NO/c1-3-13-12(8-9-16-13)14(15)11-6-4-10(2)5-7-11/h8-11,14H,3-7,15H2,1-2H3. The molecule has 0 aromatic carbocycles. The van der Waals surface area contributed by atoms with Gasteiger partial charge in [0.15, 0.2) is 0 Å². The summed E-state index contributed by atoms with van der Waals surface area (Å²) in [5.74, 6) is 2.61. The second kappa shape index (κ2) is 5.05. The lowest BCUT2D eigenvalue weighted by molar-refractivity contribution is 0.254. The summed E-state index contributed by atoms with van der Waals surface area (Å²) in [6, 6.07) is 2.24. The maximum Gasteiger partial charge on any atom is 0.108 e. The second-order valence-electron chi connectivity index (χ2n) is 5.20. The Morgan fingerprint density at radius 1 is 1.38 bits per heavy atom. The molecule has 1 saturated carbocycles. The van der Waals surface area contributed by atoms with E-state index in [2.05, 4.69) is 19.9 Å². The van der Waals surface area contributed by atoms with Crippen molar-refractivity contribution in [3.63, 3.8) is 0 Å². The molecule has 1 fully saturated rings. The fourth-order valence-corrected chi connectivity index (χ4v) is 2.83. The van der Waals surface area contributed by atoms with Crippen molar-refractivity contribution in [2.45, 2.75) is 52.0 Å². The van der Waals surface area contributed by atoms with E-state index < -0.39 is 0 Å². The first kappa shape index (κ1) is 11.7. The van der Waals surface area contributed by atoms with E-state index in [1.807, 2.05) is 0 Å². The topological polar surface area (TPSA) is 39.2 Å². The van der Waals surface area contributed by atoms with Crippen LogP contribution in [0.1, 0.15) is 56.9 Å². The average Bonchev–Trinajstić information content (AvgIpc) is 2.77. The number of hydrogen-bond acceptors (Lipinski definition) is 2. The number of furan rings is 1. The van der Waals surface area contributed by atoms with E-state index in [1.165, 1.54) is 31.2 Å². The summed E-state index contributed by atoms with van der Waals surface area (Å²) in [5, 5.41) is 0. The Labute approximate surface area is 98.2 Å². The molecule has 2 rings (SSSR count). The summed E-state index contributed by atoms with van der Waals surface area (Å²) in [4.78, 5) is 0. The molecule has 0 amide bonds. The van der Waals surface area contributed by atoms with Crippen molar-refractivity contribution < 1.29 is 4.42 Å². The summed E-state index contributed by atoms with van der Waals surface area (Å²) in [6.07, 6.45) is 7.93. The quantitative estimate of drug-likeness (QED) is 0.845. The Morgan fingerprint density at radius 3 is 2.69 bits per heavy atom. The van der Waals surface area contributed by atoms with Crippen molar-refractivity contribution in [2.75, 3.05) is 0 Å². The van der Waals surface area contributed by atoms with Crippen LogP contribution >= 0.6 is 0 Å². The van der Waals surface area contributed by atoms with E-state index in [1.54, 1.807) is 6.26 Å². The minimum atomic E-state index is 0.182. The molecular formula is C14H23NO. The van der Waals surface area contributed by atoms with Crippen LogP contribution in [0.15, 0.2) is 16.7 Å². The highest BCUT2D eigenvalue weighted by Crippen LogP contribution is 2.36. The molecule has 1 atom stereocenters. The third-order valence-corrected chi connectivity index (χ3v) is 4.03. The lowest BCUT2D eigenvalue weighted by atomic mass is 9.77. The van der Waals surface area contributed by atoms with E-state index in [-0.39, 0.29) is 6.04 Å². The summed E-state index contributed by atoms with van der Waals surface area (Å²) in [6.45, 7) is 4.47. The number of hydrogen-bond donors (Lipinski definition) is 1. The third kappa shape index (κ3) is 2.32. The number of nitrogens with two attached hydrogens (primary N) is 1. The van der Waals surface area contributed by atoms with Crippen LogP contribution in [0.2, 0.25) is 0 Å². The molecule has 1 aliphatic rings. The van der Waals surface area contributed by atoms with Crippen molar-refractivity contribution in [1.82, 2.24) is 0 Å². The van der Waals surface area contributed by atoms with Crippen LogP contribution in [0.4, 0.5) is 0 Å². The molecule has 0 saturated heterocycles. The van der Waals surface area contributed by atoms with E-state index in [0.717, 1.165) is 18.1 Å².